The number of fused-ring (bicyclic) bond motifs is 2. The molecule has 1 aromatic heterocycles. The van der Waals surface area contributed by atoms with Crippen LogP contribution >= 0.6 is 15.2 Å². The number of unbranched alkanes of at least 4 members (excludes halogenated alkanes) is 1. The van der Waals surface area contributed by atoms with E-state index in [4.69, 9.17) is 30.4 Å². The molecule has 1 aliphatic rings. The molecule has 0 spiro atoms. The maximum atomic E-state index is 14.1. The standard InChI is InChI=1S/C54H80N8O19P2/c1-3-36(2)49-53(70)59-46(8-4-5-18-55)52(69)60-47-31-39(50(56)67)10-11-40(47)33-58-45-15-9-37(30-44(45)51(68)61-49)29-42(64)14-16-48(66)57-19-22-79-24-26-81-28-27-80-25-23-78-21-17-41(63)12-13-43(65)35-62-20-6-7-38(34-62)32-54(71,82(72,73)74)83(75,76)77/h6-7,9-11,15,20,30-31,34,36,43,46,49,65,71H,3-5,8,12-14,16-19,21-29,32-33,35,55H2,1-2H3,(H10-,56,57,58,59,60,61,66,67,68,69,70,72,73,74,75,76,77)/p+1/t36?,43?,46-,49-/m0/s1. The molecule has 0 bridgehead atoms. The molecule has 0 saturated heterocycles. The minimum Gasteiger partial charge on any atom is -0.387 e. The molecule has 29 heteroatoms. The van der Waals surface area contributed by atoms with E-state index in [0.717, 1.165) is 0 Å². The van der Waals surface area contributed by atoms with Crippen molar-refractivity contribution in [2.75, 3.05) is 76.6 Å². The van der Waals surface area contributed by atoms with Crippen molar-refractivity contribution in [2.45, 2.75) is 121 Å². The highest BCUT2D eigenvalue weighted by molar-refractivity contribution is 7.72. The van der Waals surface area contributed by atoms with Crippen molar-refractivity contribution in [1.82, 2.24) is 16.0 Å². The minimum atomic E-state index is -5.66. The molecule has 1 aliphatic heterocycles. The lowest BCUT2D eigenvalue weighted by molar-refractivity contribution is -0.704. The molecule has 15 N–H and O–H groups in total. The summed E-state index contributed by atoms with van der Waals surface area (Å²) in [4.78, 5) is 130. The Labute approximate surface area is 481 Å². The first-order valence-corrected chi connectivity index (χ1v) is 30.6. The van der Waals surface area contributed by atoms with Gasteiger partial charge in [-0.25, -0.2) is 4.57 Å². The zero-order chi connectivity index (χ0) is 61.2. The van der Waals surface area contributed by atoms with Crippen molar-refractivity contribution in [1.29, 1.82) is 0 Å². The third-order valence-electron chi connectivity index (χ3n) is 13.5. The van der Waals surface area contributed by atoms with Crippen molar-refractivity contribution >= 4 is 67.7 Å². The molecule has 0 radical (unpaired) electrons. The molecule has 5 amide bonds. The van der Waals surface area contributed by atoms with E-state index in [1.807, 2.05) is 13.8 Å². The van der Waals surface area contributed by atoms with Crippen molar-refractivity contribution in [2.24, 2.45) is 17.4 Å². The maximum absolute atomic E-state index is 14.1. The number of hydrogen-bond donors (Lipinski definition) is 13. The van der Waals surface area contributed by atoms with Crippen LogP contribution in [-0.2, 0) is 78.0 Å². The van der Waals surface area contributed by atoms with Crippen LogP contribution in [-0.4, -0.2) is 160 Å². The van der Waals surface area contributed by atoms with Crippen LogP contribution in [0.1, 0.15) is 109 Å². The van der Waals surface area contributed by atoms with Gasteiger partial charge in [0.05, 0.1) is 58.4 Å². The largest absolute Gasteiger partial charge is 0.387 e. The molecule has 4 atom stereocenters. The van der Waals surface area contributed by atoms with Gasteiger partial charge >= 0.3 is 15.2 Å². The van der Waals surface area contributed by atoms with Crippen molar-refractivity contribution < 1.29 is 96.0 Å². The van der Waals surface area contributed by atoms with Gasteiger partial charge in [-0.05, 0) is 79.6 Å². The number of nitrogens with two attached hydrogens (primary N) is 2. The SMILES string of the molecule is CCC(C)[C@@H]1NC(=O)c2cc(CC(=O)CCC(=O)NCCOCCOCCOCCOCCC(=O)CCC(O)C[n+]3cccc(CC(O)(P(=O)(O)O)P(=O)(O)O)c3)ccc2NCc2ccc(C(N)=O)cc2NC(=O)[C@H](CCCCN)NC1=O. The second kappa shape index (κ2) is 34.8. The molecule has 83 heavy (non-hydrogen) atoms. The molecule has 3 aromatic rings. The Bertz CT molecular complexity index is 2740. The van der Waals surface area contributed by atoms with Gasteiger partial charge in [-0.2, -0.15) is 0 Å². The van der Waals surface area contributed by atoms with Crippen molar-refractivity contribution in [3.8, 4) is 0 Å². The molecule has 27 nitrogen and oxygen atoms in total. The molecule has 460 valence electrons. The van der Waals surface area contributed by atoms with Gasteiger partial charge in [0.15, 0.2) is 18.9 Å². The highest BCUT2D eigenvalue weighted by Gasteiger charge is 2.59. The van der Waals surface area contributed by atoms with Crippen molar-refractivity contribution in [3.63, 3.8) is 0 Å². The number of aliphatic hydroxyl groups is 2. The Kier molecular flexibility index (Phi) is 29.2. The summed E-state index contributed by atoms with van der Waals surface area (Å²) in [7, 11) is -11.3. The highest BCUT2D eigenvalue weighted by Crippen LogP contribution is 2.68. The van der Waals surface area contributed by atoms with Crippen LogP contribution in [0, 0.1) is 5.92 Å². The number of anilines is 2. The number of carbonyl (C=O) groups is 7. The fourth-order valence-electron chi connectivity index (χ4n) is 8.50. The number of nitrogens with zero attached hydrogens (tertiary/aromatic N) is 1. The lowest BCUT2D eigenvalue weighted by Gasteiger charge is -2.28. The van der Waals surface area contributed by atoms with Crippen LogP contribution in [0.4, 0.5) is 11.4 Å². The molecule has 2 aromatic carbocycles. The summed E-state index contributed by atoms with van der Waals surface area (Å²) in [6.07, 6.45) is 2.63. The van der Waals surface area contributed by atoms with E-state index in [9.17, 15) is 72.5 Å². The fourth-order valence-corrected chi connectivity index (χ4v) is 10.6. The first-order valence-electron chi connectivity index (χ1n) is 27.4. The lowest BCUT2D eigenvalue weighted by Crippen LogP contribution is -2.55. The van der Waals surface area contributed by atoms with E-state index in [1.54, 1.807) is 24.3 Å². The predicted octanol–water partition coefficient (Wildman–Crippen LogP) is 0.814. The zero-order valence-electron chi connectivity index (χ0n) is 46.8. The summed E-state index contributed by atoms with van der Waals surface area (Å²) in [5, 5.41) is 31.6. The first-order chi connectivity index (χ1) is 39.3. The third kappa shape index (κ3) is 23.6. The average Bonchev–Trinajstić information content (AvgIpc) is 3.60. The number of aromatic nitrogens is 1. The van der Waals surface area contributed by atoms with Crippen LogP contribution in [0.3, 0.4) is 0 Å². The lowest BCUT2D eigenvalue weighted by atomic mass is 9.96. The normalized spacial score (nSPS) is 16.0. The second-order valence-electron chi connectivity index (χ2n) is 20.1. The molecular weight excluding hydrogens is 1130 g/mol. The van der Waals surface area contributed by atoms with Crippen LogP contribution in [0.5, 0.6) is 0 Å². The Balaban J connectivity index is 1.11. The zero-order valence-corrected chi connectivity index (χ0v) is 48.6. The van der Waals surface area contributed by atoms with Crippen LogP contribution in [0.15, 0.2) is 60.9 Å². The number of ether oxygens (including phenoxy) is 4. The Morgan fingerprint density at radius 1 is 0.795 bits per heavy atom. The van der Waals surface area contributed by atoms with Gasteiger partial charge in [0.25, 0.3) is 11.0 Å². The van der Waals surface area contributed by atoms with Crippen LogP contribution in [0.2, 0.25) is 0 Å². The smallest absolute Gasteiger partial charge is 0.369 e. The van der Waals surface area contributed by atoms with E-state index in [2.05, 4.69) is 26.6 Å². The summed E-state index contributed by atoms with van der Waals surface area (Å²) in [5.74, 6) is -3.48. The van der Waals surface area contributed by atoms with Crippen LogP contribution < -0.4 is 42.6 Å². The van der Waals surface area contributed by atoms with Gasteiger partial charge in [0.1, 0.15) is 29.8 Å². The monoisotopic (exact) mass is 1210 g/mol. The summed E-state index contributed by atoms with van der Waals surface area (Å²) in [6.45, 7) is 6.21. The van der Waals surface area contributed by atoms with Gasteiger partial charge in [0, 0.05) is 80.2 Å². The van der Waals surface area contributed by atoms with E-state index in [0.29, 0.717) is 42.6 Å². The third-order valence-corrected chi connectivity index (χ3v) is 17.3. The van der Waals surface area contributed by atoms with Gasteiger partial charge < -0.3 is 86.8 Å². The van der Waals surface area contributed by atoms with Gasteiger partial charge in [-0.3, -0.25) is 42.7 Å². The fraction of sp³-hybridized carbons (Fsp3) is 0.556. The molecule has 2 unspecified atom stereocenters. The molecule has 4 rings (SSSR count). The number of carbonyl (C=O) groups excluding carboxylic acids is 7. The maximum Gasteiger partial charge on any atom is 0.369 e. The summed E-state index contributed by atoms with van der Waals surface area (Å²) < 4.78 is 46.8. The number of Topliss-reactive ketones (excluding diaryl/α,β-unsaturated/α-hetero) is 2. The first kappa shape index (κ1) is 69.6. The molecular formula is C54H81N8O19P2+. The van der Waals surface area contributed by atoms with Crippen LogP contribution in [0.25, 0.3) is 0 Å². The Morgan fingerprint density at radius 2 is 1.46 bits per heavy atom. The topological polar surface area (TPSA) is 428 Å². The summed E-state index contributed by atoms with van der Waals surface area (Å²) >= 11 is 0. The van der Waals surface area contributed by atoms with E-state index in [1.165, 1.54) is 41.2 Å². The van der Waals surface area contributed by atoms with Gasteiger partial charge in [0.2, 0.25) is 23.6 Å². The molecule has 0 saturated carbocycles. The average molecular weight is 1210 g/mol. The quantitative estimate of drug-likeness (QED) is 0.0218. The Morgan fingerprint density at radius 3 is 2.10 bits per heavy atom. The number of hydrogen-bond acceptors (Lipinski definition) is 17. The predicted molar refractivity (Wildman–Crippen MR) is 301 cm³/mol. The van der Waals surface area contributed by atoms with Gasteiger partial charge in [-0.15, -0.1) is 0 Å². The number of primary amides is 1. The number of nitrogens with one attached hydrogen (secondary N) is 5. The van der Waals surface area contributed by atoms with E-state index in [-0.39, 0.29) is 163 Å². The summed E-state index contributed by atoms with van der Waals surface area (Å²) in [5.41, 5.74) is 13.3. The number of ketones is 2. The van der Waals surface area contributed by atoms with E-state index >= 15 is 0 Å². The van der Waals surface area contributed by atoms with Gasteiger partial charge in [-0.1, -0.05) is 32.4 Å². The van der Waals surface area contributed by atoms with E-state index < -0.39 is 68.5 Å². The summed E-state index contributed by atoms with van der Waals surface area (Å²) in [6, 6.07) is 10.2. The molecule has 0 aliphatic carbocycles. The number of aliphatic hydroxyl groups excluding tert-OH is 1. The number of rotatable bonds is 36. The highest BCUT2D eigenvalue weighted by atomic mass is 31.2. The number of pyridine rings is 1. The Hall–Kier alpha value is -5.90. The minimum absolute atomic E-state index is 0.00947. The molecule has 2 heterocycles. The second-order valence-corrected chi connectivity index (χ2v) is 24.1. The number of amides is 5. The number of benzene rings is 2. The van der Waals surface area contributed by atoms with Crippen molar-refractivity contribution in [3.05, 3.63) is 88.7 Å². The molecule has 0 fully saturated rings.